The van der Waals surface area contributed by atoms with E-state index in [0.717, 1.165) is 38.1 Å². The molecule has 1 atom stereocenters. The second-order valence-corrected chi connectivity index (χ2v) is 7.88. The number of carbonyl (C=O) groups excluding carboxylic acids is 2. The first kappa shape index (κ1) is 18.6. The van der Waals surface area contributed by atoms with Gasteiger partial charge in [-0.05, 0) is 62.6 Å². The number of anilines is 2. The zero-order chi connectivity index (χ0) is 19.0. The van der Waals surface area contributed by atoms with Crippen LogP contribution in [0.3, 0.4) is 0 Å². The number of nitrogens with zero attached hydrogens (tertiary/aromatic N) is 1. The minimum Gasteiger partial charge on any atom is -0.326 e. The lowest BCUT2D eigenvalue weighted by Gasteiger charge is -2.20. The molecule has 26 heavy (non-hydrogen) atoms. The third-order valence-corrected chi connectivity index (χ3v) is 5.98. The number of rotatable bonds is 3. The minimum atomic E-state index is -0.341. The lowest BCUT2D eigenvalue weighted by Crippen LogP contribution is -2.28. The molecule has 1 aliphatic heterocycles. The highest BCUT2D eigenvalue weighted by atomic mass is 79.9. The molecule has 1 N–H and O–H groups in total. The van der Waals surface area contributed by atoms with Gasteiger partial charge in [-0.15, -0.1) is 0 Å². The van der Waals surface area contributed by atoms with Crippen molar-refractivity contribution in [3.05, 3.63) is 57.1 Å². The Balaban J connectivity index is 1.76. The summed E-state index contributed by atoms with van der Waals surface area (Å²) in [5, 5.41) is 3.00. The highest BCUT2D eigenvalue weighted by Gasteiger charge is 2.35. The Bertz CT molecular complexity index is 892. The van der Waals surface area contributed by atoms with Crippen LogP contribution in [0.5, 0.6) is 0 Å². The summed E-state index contributed by atoms with van der Waals surface area (Å²) in [4.78, 5) is 26.9. The topological polar surface area (TPSA) is 49.4 Å². The summed E-state index contributed by atoms with van der Waals surface area (Å²) in [5.74, 6) is -0.442. The number of amides is 2. The predicted octanol–water partition coefficient (Wildman–Crippen LogP) is 4.67. The summed E-state index contributed by atoms with van der Waals surface area (Å²) in [6.07, 6.45) is 0.244. The Labute approximate surface area is 162 Å². The normalized spacial score (nSPS) is 16.9. The van der Waals surface area contributed by atoms with Crippen molar-refractivity contribution < 1.29 is 9.59 Å². The fraction of sp³-hybridized carbons (Fsp3) is 0.333. The standard InChI is InChI=1S/C21H23BrN2O2/c1-12-5-8-19(13(2)9-12)24-11-16(10-20(24)25)21(26)23-18-7-6-17(22)14(3)15(18)4/h5-9,16H,10-11H2,1-4H3,(H,23,26)/t16-/m1/s1. The van der Waals surface area contributed by atoms with Crippen LogP contribution in [0.15, 0.2) is 34.8 Å². The summed E-state index contributed by atoms with van der Waals surface area (Å²) in [7, 11) is 0. The molecule has 3 rings (SSSR count). The number of aryl methyl sites for hydroxylation is 2. The maximum absolute atomic E-state index is 12.7. The largest absolute Gasteiger partial charge is 0.326 e. The van der Waals surface area contributed by atoms with E-state index in [2.05, 4.69) is 27.3 Å². The second kappa shape index (κ2) is 7.23. The Morgan fingerprint density at radius 2 is 1.85 bits per heavy atom. The molecule has 0 bridgehead atoms. The van der Waals surface area contributed by atoms with Gasteiger partial charge in [-0.3, -0.25) is 9.59 Å². The molecule has 1 aliphatic rings. The van der Waals surface area contributed by atoms with E-state index >= 15 is 0 Å². The first-order chi connectivity index (χ1) is 12.3. The van der Waals surface area contributed by atoms with Gasteiger partial charge in [-0.1, -0.05) is 33.6 Å². The van der Waals surface area contributed by atoms with Gasteiger partial charge in [0.25, 0.3) is 0 Å². The lowest BCUT2D eigenvalue weighted by molar-refractivity contribution is -0.122. The van der Waals surface area contributed by atoms with Crippen LogP contribution in [0.4, 0.5) is 11.4 Å². The number of carbonyl (C=O) groups is 2. The molecular formula is C21H23BrN2O2. The number of hydrogen-bond donors (Lipinski definition) is 1. The first-order valence-electron chi connectivity index (χ1n) is 8.72. The van der Waals surface area contributed by atoms with E-state index in [0.29, 0.717) is 6.54 Å². The molecule has 2 amide bonds. The molecular weight excluding hydrogens is 392 g/mol. The van der Waals surface area contributed by atoms with E-state index in [9.17, 15) is 9.59 Å². The molecule has 2 aromatic carbocycles. The van der Waals surface area contributed by atoms with E-state index in [1.54, 1.807) is 4.90 Å². The number of hydrogen-bond acceptors (Lipinski definition) is 2. The van der Waals surface area contributed by atoms with Gasteiger partial charge < -0.3 is 10.2 Å². The molecule has 136 valence electrons. The van der Waals surface area contributed by atoms with Crippen LogP contribution in [0.25, 0.3) is 0 Å². The third kappa shape index (κ3) is 3.54. The number of nitrogens with one attached hydrogen (secondary N) is 1. The van der Waals surface area contributed by atoms with Crippen molar-refractivity contribution in [2.75, 3.05) is 16.8 Å². The van der Waals surface area contributed by atoms with Crippen molar-refractivity contribution >= 4 is 39.1 Å². The summed E-state index contributed by atoms with van der Waals surface area (Å²) >= 11 is 3.50. The molecule has 4 nitrogen and oxygen atoms in total. The summed E-state index contributed by atoms with van der Waals surface area (Å²) < 4.78 is 1.02. The monoisotopic (exact) mass is 414 g/mol. The fourth-order valence-corrected chi connectivity index (χ4v) is 3.81. The van der Waals surface area contributed by atoms with Gasteiger partial charge in [-0.25, -0.2) is 0 Å². The molecule has 1 fully saturated rings. The molecule has 1 saturated heterocycles. The molecule has 0 aliphatic carbocycles. The van der Waals surface area contributed by atoms with Gasteiger partial charge in [0, 0.05) is 28.8 Å². The molecule has 0 unspecified atom stereocenters. The van der Waals surface area contributed by atoms with Gasteiger partial charge in [0.2, 0.25) is 11.8 Å². The maximum atomic E-state index is 12.7. The average Bonchev–Trinajstić information content (AvgIpc) is 2.97. The first-order valence-corrected chi connectivity index (χ1v) is 9.51. The highest BCUT2D eigenvalue weighted by Crippen LogP contribution is 2.30. The molecule has 2 aromatic rings. The van der Waals surface area contributed by atoms with Crippen molar-refractivity contribution in [1.29, 1.82) is 0 Å². The van der Waals surface area contributed by atoms with Gasteiger partial charge in [0.1, 0.15) is 0 Å². The van der Waals surface area contributed by atoms with Gasteiger partial charge in [0.05, 0.1) is 5.92 Å². The van der Waals surface area contributed by atoms with E-state index in [4.69, 9.17) is 0 Å². The second-order valence-electron chi connectivity index (χ2n) is 7.03. The molecule has 5 heteroatoms. The number of benzene rings is 2. The Morgan fingerprint density at radius 3 is 2.54 bits per heavy atom. The Kier molecular flexibility index (Phi) is 5.19. The molecule has 0 aromatic heterocycles. The van der Waals surface area contributed by atoms with E-state index in [1.165, 1.54) is 0 Å². The van der Waals surface area contributed by atoms with E-state index < -0.39 is 0 Å². The molecule has 1 heterocycles. The maximum Gasteiger partial charge on any atom is 0.229 e. The van der Waals surface area contributed by atoms with Crippen LogP contribution in [0, 0.1) is 33.6 Å². The van der Waals surface area contributed by atoms with E-state index in [-0.39, 0.29) is 24.2 Å². The quantitative estimate of drug-likeness (QED) is 0.792. The molecule has 0 saturated carbocycles. The van der Waals surface area contributed by atoms with Crippen LogP contribution >= 0.6 is 15.9 Å². The van der Waals surface area contributed by atoms with Crippen LogP contribution < -0.4 is 10.2 Å². The minimum absolute atomic E-state index is 0.000752. The third-order valence-electron chi connectivity index (χ3n) is 5.12. The van der Waals surface area contributed by atoms with Crippen molar-refractivity contribution in [3.63, 3.8) is 0 Å². The van der Waals surface area contributed by atoms with Crippen LogP contribution in [-0.4, -0.2) is 18.4 Å². The smallest absolute Gasteiger partial charge is 0.229 e. The summed E-state index contributed by atoms with van der Waals surface area (Å²) in [6, 6.07) is 9.84. The van der Waals surface area contributed by atoms with Crippen molar-refractivity contribution in [3.8, 4) is 0 Å². The van der Waals surface area contributed by atoms with Gasteiger partial charge >= 0.3 is 0 Å². The average molecular weight is 415 g/mol. The van der Waals surface area contributed by atoms with Gasteiger partial charge in [-0.2, -0.15) is 0 Å². The number of halogens is 1. The van der Waals surface area contributed by atoms with Crippen LogP contribution in [0.1, 0.15) is 28.7 Å². The molecule has 0 spiro atoms. The highest BCUT2D eigenvalue weighted by molar-refractivity contribution is 9.10. The van der Waals surface area contributed by atoms with Gasteiger partial charge in [0.15, 0.2) is 0 Å². The fourth-order valence-electron chi connectivity index (χ4n) is 3.38. The van der Waals surface area contributed by atoms with Crippen molar-refractivity contribution in [2.45, 2.75) is 34.1 Å². The zero-order valence-corrected chi connectivity index (χ0v) is 17.1. The summed E-state index contributed by atoms with van der Waals surface area (Å²) in [5.41, 5.74) is 6.04. The van der Waals surface area contributed by atoms with Crippen LogP contribution in [-0.2, 0) is 9.59 Å². The predicted molar refractivity (Wildman–Crippen MR) is 109 cm³/mol. The zero-order valence-electron chi connectivity index (χ0n) is 15.5. The van der Waals surface area contributed by atoms with Crippen molar-refractivity contribution in [1.82, 2.24) is 0 Å². The Morgan fingerprint density at radius 1 is 1.12 bits per heavy atom. The SMILES string of the molecule is Cc1ccc(N2C[C@H](C(=O)Nc3ccc(Br)c(C)c3C)CC2=O)c(C)c1. The van der Waals surface area contributed by atoms with Crippen LogP contribution in [0.2, 0.25) is 0 Å². The summed E-state index contributed by atoms with van der Waals surface area (Å²) in [6.45, 7) is 8.44. The Hall–Kier alpha value is -2.14. The lowest BCUT2D eigenvalue weighted by atomic mass is 10.1. The van der Waals surface area contributed by atoms with E-state index in [1.807, 2.05) is 52.0 Å². The van der Waals surface area contributed by atoms with Crippen molar-refractivity contribution in [2.24, 2.45) is 5.92 Å². The molecule has 0 radical (unpaired) electrons.